The normalized spacial score (nSPS) is 12.9. The van der Waals surface area contributed by atoms with Crippen molar-refractivity contribution >= 4 is 17.2 Å². The van der Waals surface area contributed by atoms with Gasteiger partial charge in [-0.2, -0.15) is 0 Å². The Bertz CT molecular complexity index is 1320. The van der Waals surface area contributed by atoms with Crippen molar-refractivity contribution < 1.29 is 23.1 Å². The van der Waals surface area contributed by atoms with E-state index in [0.717, 1.165) is 22.9 Å². The minimum Gasteiger partial charge on any atom is -0.460 e. The van der Waals surface area contributed by atoms with Crippen molar-refractivity contribution in [2.24, 2.45) is 0 Å². The van der Waals surface area contributed by atoms with Crippen LogP contribution in [0, 0.1) is 18.6 Å². The molecule has 8 heteroatoms. The number of carbonyl (C=O) groups is 1. The second kappa shape index (κ2) is 12.3. The highest BCUT2D eigenvalue weighted by molar-refractivity contribution is 7.13. The molecule has 2 aromatic carbocycles. The SMILES string of the molecule is CCc1cccc(CNC[C@H](O)[C@H](Cc2cc(F)cc(F)c2)NC(=O)c2cc(-c3cccs3)oc2C)c1. The van der Waals surface area contributed by atoms with Crippen LogP contribution < -0.4 is 10.6 Å². The number of hydrogen-bond acceptors (Lipinski definition) is 5. The predicted octanol–water partition coefficient (Wildman–Crippen LogP) is 5.65. The van der Waals surface area contributed by atoms with Gasteiger partial charge in [0.05, 0.1) is 22.6 Å². The zero-order valence-electron chi connectivity index (χ0n) is 20.8. The molecule has 0 aliphatic heterocycles. The summed E-state index contributed by atoms with van der Waals surface area (Å²) in [6.45, 7) is 4.49. The van der Waals surface area contributed by atoms with Crippen molar-refractivity contribution in [2.45, 2.75) is 45.4 Å². The van der Waals surface area contributed by atoms with Gasteiger partial charge >= 0.3 is 0 Å². The number of aliphatic hydroxyl groups excluding tert-OH is 1. The van der Waals surface area contributed by atoms with E-state index < -0.39 is 29.7 Å². The lowest BCUT2D eigenvalue weighted by molar-refractivity contribution is 0.0828. The highest BCUT2D eigenvalue weighted by Crippen LogP contribution is 2.29. The fraction of sp³-hybridized carbons (Fsp3) is 0.276. The number of carbonyl (C=O) groups excluding carboxylic acids is 1. The van der Waals surface area contributed by atoms with Crippen molar-refractivity contribution in [3.63, 3.8) is 0 Å². The van der Waals surface area contributed by atoms with Gasteiger partial charge in [0.15, 0.2) is 0 Å². The molecule has 4 rings (SSSR count). The minimum absolute atomic E-state index is 0.0449. The summed E-state index contributed by atoms with van der Waals surface area (Å²) in [5.74, 6) is -0.831. The smallest absolute Gasteiger partial charge is 0.255 e. The maximum atomic E-state index is 13.8. The molecular weight excluding hydrogens is 494 g/mol. The molecular formula is C29H30F2N2O3S. The second-order valence-corrected chi connectivity index (χ2v) is 9.94. The van der Waals surface area contributed by atoms with E-state index in [9.17, 15) is 18.7 Å². The van der Waals surface area contributed by atoms with Gasteiger partial charge in [0.2, 0.25) is 0 Å². The molecule has 0 fully saturated rings. The molecule has 0 bridgehead atoms. The molecule has 2 atom stereocenters. The summed E-state index contributed by atoms with van der Waals surface area (Å²) in [4.78, 5) is 14.1. The van der Waals surface area contributed by atoms with Crippen LogP contribution in [0.4, 0.5) is 8.78 Å². The molecule has 0 aliphatic carbocycles. The third kappa shape index (κ3) is 7.13. The van der Waals surface area contributed by atoms with Crippen molar-refractivity contribution in [2.75, 3.05) is 6.54 Å². The van der Waals surface area contributed by atoms with E-state index in [-0.39, 0.29) is 13.0 Å². The van der Waals surface area contributed by atoms with Gasteiger partial charge in [-0.25, -0.2) is 8.78 Å². The maximum Gasteiger partial charge on any atom is 0.255 e. The first-order chi connectivity index (χ1) is 17.8. The summed E-state index contributed by atoms with van der Waals surface area (Å²) in [6.07, 6.45) is -0.0479. The summed E-state index contributed by atoms with van der Waals surface area (Å²) in [6, 6.07) is 16.0. The van der Waals surface area contributed by atoms with Crippen molar-refractivity contribution in [3.05, 3.63) is 106 Å². The Balaban J connectivity index is 1.48. The molecule has 5 nitrogen and oxygen atoms in total. The van der Waals surface area contributed by atoms with Gasteiger partial charge in [-0.15, -0.1) is 11.3 Å². The van der Waals surface area contributed by atoms with Crippen LogP contribution in [-0.2, 0) is 19.4 Å². The van der Waals surface area contributed by atoms with Gasteiger partial charge in [-0.05, 0) is 66.1 Å². The molecule has 0 aliphatic rings. The van der Waals surface area contributed by atoms with Crippen LogP contribution in [0.15, 0.2) is 70.5 Å². The Kier molecular flexibility index (Phi) is 8.87. The van der Waals surface area contributed by atoms with Crippen LogP contribution in [-0.4, -0.2) is 29.7 Å². The van der Waals surface area contributed by atoms with Crippen LogP contribution in [0.5, 0.6) is 0 Å². The number of aryl methyl sites for hydroxylation is 2. The molecule has 194 valence electrons. The average Bonchev–Trinajstić information content (AvgIpc) is 3.53. The summed E-state index contributed by atoms with van der Waals surface area (Å²) < 4.78 is 33.5. The Morgan fingerprint density at radius 3 is 2.49 bits per heavy atom. The third-order valence-electron chi connectivity index (χ3n) is 6.17. The van der Waals surface area contributed by atoms with Crippen molar-refractivity contribution in [1.29, 1.82) is 0 Å². The fourth-order valence-corrected chi connectivity index (χ4v) is 4.90. The number of hydrogen-bond donors (Lipinski definition) is 3. The van der Waals surface area contributed by atoms with Gasteiger partial charge in [0, 0.05) is 19.2 Å². The maximum absolute atomic E-state index is 13.8. The van der Waals surface area contributed by atoms with Crippen LogP contribution in [0.1, 0.15) is 39.7 Å². The molecule has 2 aromatic heterocycles. The standard InChI is InChI=1S/C29H30F2N2O3S/c1-3-19-6-4-7-20(10-19)16-32-17-26(34)25(13-21-11-22(30)14-23(31)12-21)33-29(35)24-15-27(36-18(24)2)28-8-5-9-37-28/h4-12,14-15,25-26,32,34H,3,13,16-17H2,1-2H3,(H,33,35)/t25-,26-/m0/s1. The summed E-state index contributed by atoms with van der Waals surface area (Å²) in [7, 11) is 0. The molecule has 37 heavy (non-hydrogen) atoms. The molecule has 0 radical (unpaired) electrons. The predicted molar refractivity (Wildman–Crippen MR) is 142 cm³/mol. The third-order valence-corrected chi connectivity index (χ3v) is 7.05. The fourth-order valence-electron chi connectivity index (χ4n) is 4.23. The van der Waals surface area contributed by atoms with Crippen LogP contribution in [0.25, 0.3) is 10.6 Å². The molecule has 3 N–H and O–H groups in total. The zero-order valence-corrected chi connectivity index (χ0v) is 21.6. The molecule has 0 spiro atoms. The van der Waals surface area contributed by atoms with Gasteiger partial charge < -0.3 is 20.2 Å². The van der Waals surface area contributed by atoms with E-state index in [1.807, 2.05) is 29.6 Å². The first-order valence-electron chi connectivity index (χ1n) is 12.2. The summed E-state index contributed by atoms with van der Waals surface area (Å²) >= 11 is 1.50. The van der Waals surface area contributed by atoms with Crippen molar-refractivity contribution in [1.82, 2.24) is 10.6 Å². The first-order valence-corrected chi connectivity index (χ1v) is 13.1. The number of thiophene rings is 1. The van der Waals surface area contributed by atoms with Crippen LogP contribution in [0.3, 0.4) is 0 Å². The number of halogens is 2. The van der Waals surface area contributed by atoms with E-state index in [1.165, 1.54) is 29.0 Å². The molecule has 1 amide bonds. The number of aliphatic hydroxyl groups is 1. The number of benzene rings is 2. The Morgan fingerprint density at radius 2 is 1.78 bits per heavy atom. The average molecular weight is 525 g/mol. The number of nitrogens with one attached hydrogen (secondary N) is 2. The quantitative estimate of drug-likeness (QED) is 0.237. The van der Waals surface area contributed by atoms with Gasteiger partial charge in [-0.1, -0.05) is 37.3 Å². The lowest BCUT2D eigenvalue weighted by Gasteiger charge is -2.25. The largest absolute Gasteiger partial charge is 0.460 e. The Hall–Kier alpha value is -3.33. The minimum atomic E-state index is -1.02. The Labute approximate surface area is 219 Å². The number of amides is 1. The van der Waals surface area contributed by atoms with E-state index in [2.05, 4.69) is 29.7 Å². The lowest BCUT2D eigenvalue weighted by atomic mass is 10.00. The zero-order chi connectivity index (χ0) is 26.4. The van der Waals surface area contributed by atoms with Gasteiger partial charge in [-0.3, -0.25) is 4.79 Å². The lowest BCUT2D eigenvalue weighted by Crippen LogP contribution is -2.48. The molecule has 0 saturated carbocycles. The molecule has 4 aromatic rings. The summed E-state index contributed by atoms with van der Waals surface area (Å²) in [5, 5.41) is 19.0. The second-order valence-electron chi connectivity index (χ2n) is 8.99. The highest BCUT2D eigenvalue weighted by atomic mass is 32.1. The van der Waals surface area contributed by atoms with E-state index in [4.69, 9.17) is 4.42 Å². The van der Waals surface area contributed by atoms with Gasteiger partial charge in [0.1, 0.15) is 23.2 Å². The monoisotopic (exact) mass is 524 g/mol. The van der Waals surface area contributed by atoms with Gasteiger partial charge in [0.25, 0.3) is 5.91 Å². The topological polar surface area (TPSA) is 74.5 Å². The molecule has 0 saturated heterocycles. The highest BCUT2D eigenvalue weighted by Gasteiger charge is 2.25. The van der Waals surface area contributed by atoms with Crippen LogP contribution in [0.2, 0.25) is 0 Å². The Morgan fingerprint density at radius 1 is 1.03 bits per heavy atom. The van der Waals surface area contributed by atoms with E-state index in [0.29, 0.717) is 29.2 Å². The number of furan rings is 1. The van der Waals surface area contributed by atoms with Crippen LogP contribution >= 0.6 is 11.3 Å². The summed E-state index contributed by atoms with van der Waals surface area (Å²) in [5.41, 5.74) is 2.97. The molecule has 2 heterocycles. The van der Waals surface area contributed by atoms with E-state index >= 15 is 0 Å². The molecule has 0 unspecified atom stereocenters. The number of rotatable bonds is 11. The first kappa shape index (κ1) is 26.7. The van der Waals surface area contributed by atoms with E-state index in [1.54, 1.807) is 13.0 Å². The van der Waals surface area contributed by atoms with Crippen molar-refractivity contribution in [3.8, 4) is 10.6 Å².